The standard InChI is InChI=1S/C26H37N3O3/c1-4-12-22-18-23(27-32-22)26(31)28-15-10-6-5-7-11-16-29(25(30)17-20(2)3)24-14-9-8-13-21(24)19-28/h8-9,13-14,18,20H,4-7,10-12,15-17,19H2,1-3H3. The summed E-state index contributed by atoms with van der Waals surface area (Å²) in [7, 11) is 0. The zero-order valence-electron chi connectivity index (χ0n) is 19.8. The molecule has 1 aliphatic heterocycles. The van der Waals surface area contributed by atoms with Crippen LogP contribution in [0.25, 0.3) is 0 Å². The van der Waals surface area contributed by atoms with Crippen molar-refractivity contribution in [1.29, 1.82) is 0 Å². The highest BCUT2D eigenvalue weighted by Crippen LogP contribution is 2.26. The van der Waals surface area contributed by atoms with Gasteiger partial charge in [0.15, 0.2) is 5.69 Å². The van der Waals surface area contributed by atoms with Crippen LogP contribution < -0.4 is 4.90 Å². The highest BCUT2D eigenvalue weighted by molar-refractivity contribution is 5.95. The first-order chi connectivity index (χ1) is 15.5. The topological polar surface area (TPSA) is 66.7 Å². The minimum Gasteiger partial charge on any atom is -0.361 e. The van der Waals surface area contributed by atoms with Crippen molar-refractivity contribution in [2.75, 3.05) is 18.0 Å². The molecule has 0 aliphatic carbocycles. The van der Waals surface area contributed by atoms with Crippen LogP contribution >= 0.6 is 0 Å². The van der Waals surface area contributed by atoms with Gasteiger partial charge in [-0.2, -0.15) is 0 Å². The van der Waals surface area contributed by atoms with Gasteiger partial charge in [0.05, 0.1) is 0 Å². The molecule has 1 aromatic carbocycles. The van der Waals surface area contributed by atoms with E-state index in [0.29, 0.717) is 31.1 Å². The van der Waals surface area contributed by atoms with E-state index in [1.54, 1.807) is 6.07 Å². The molecule has 0 unspecified atom stereocenters. The predicted octanol–water partition coefficient (Wildman–Crippen LogP) is 5.61. The molecule has 0 saturated heterocycles. The number of benzene rings is 1. The average molecular weight is 440 g/mol. The van der Waals surface area contributed by atoms with E-state index in [1.807, 2.05) is 34.1 Å². The first-order valence-electron chi connectivity index (χ1n) is 12.1. The number of nitrogens with zero attached hydrogens (tertiary/aromatic N) is 3. The van der Waals surface area contributed by atoms with Gasteiger partial charge in [0.25, 0.3) is 5.91 Å². The minimum absolute atomic E-state index is 0.108. The number of amides is 2. The number of carbonyl (C=O) groups is 2. The average Bonchev–Trinajstić information content (AvgIpc) is 3.22. The molecule has 0 spiro atoms. The van der Waals surface area contributed by atoms with Crippen LogP contribution in [0.3, 0.4) is 0 Å². The monoisotopic (exact) mass is 439 g/mol. The lowest BCUT2D eigenvalue weighted by Crippen LogP contribution is -2.36. The molecule has 0 bridgehead atoms. The molecule has 0 N–H and O–H groups in total. The summed E-state index contributed by atoms with van der Waals surface area (Å²) in [5.41, 5.74) is 2.28. The number of para-hydroxylation sites is 1. The fraction of sp³-hybridized carbons (Fsp3) is 0.577. The van der Waals surface area contributed by atoms with Gasteiger partial charge in [-0.05, 0) is 36.8 Å². The molecule has 0 saturated carbocycles. The van der Waals surface area contributed by atoms with Gasteiger partial charge in [-0.3, -0.25) is 9.59 Å². The third kappa shape index (κ3) is 6.44. The Morgan fingerprint density at radius 1 is 1.06 bits per heavy atom. The highest BCUT2D eigenvalue weighted by Gasteiger charge is 2.24. The molecule has 3 rings (SSSR count). The van der Waals surface area contributed by atoms with Crippen molar-refractivity contribution >= 4 is 17.5 Å². The number of hydrogen-bond acceptors (Lipinski definition) is 4. The number of aryl methyl sites for hydroxylation is 1. The van der Waals surface area contributed by atoms with Crippen LogP contribution in [0.5, 0.6) is 0 Å². The van der Waals surface area contributed by atoms with Crippen LogP contribution in [0.2, 0.25) is 0 Å². The molecule has 1 aliphatic rings. The molecule has 0 atom stereocenters. The van der Waals surface area contributed by atoms with Crippen molar-refractivity contribution in [3.8, 4) is 0 Å². The number of anilines is 1. The molecule has 1 aromatic heterocycles. The van der Waals surface area contributed by atoms with Crippen molar-refractivity contribution < 1.29 is 14.1 Å². The zero-order chi connectivity index (χ0) is 22.9. The molecule has 6 heteroatoms. The van der Waals surface area contributed by atoms with Crippen LogP contribution in [0.15, 0.2) is 34.9 Å². The van der Waals surface area contributed by atoms with Crippen LogP contribution in [-0.2, 0) is 17.8 Å². The van der Waals surface area contributed by atoms with E-state index in [2.05, 4.69) is 25.9 Å². The van der Waals surface area contributed by atoms with Crippen molar-refractivity contribution in [2.24, 2.45) is 5.92 Å². The molecule has 174 valence electrons. The van der Waals surface area contributed by atoms with Crippen LogP contribution in [-0.4, -0.2) is 35.0 Å². The molecule has 0 fully saturated rings. The van der Waals surface area contributed by atoms with E-state index >= 15 is 0 Å². The lowest BCUT2D eigenvalue weighted by Gasteiger charge is -2.29. The third-order valence-corrected chi connectivity index (χ3v) is 5.90. The van der Waals surface area contributed by atoms with Crippen molar-refractivity contribution in [2.45, 2.75) is 78.7 Å². The summed E-state index contributed by atoms with van der Waals surface area (Å²) < 4.78 is 5.36. The smallest absolute Gasteiger partial charge is 0.276 e. The Kier molecular flexibility index (Phi) is 8.89. The summed E-state index contributed by atoms with van der Waals surface area (Å²) in [5, 5.41) is 4.04. The summed E-state index contributed by atoms with van der Waals surface area (Å²) >= 11 is 0. The summed E-state index contributed by atoms with van der Waals surface area (Å²) in [6.45, 7) is 8.07. The maximum Gasteiger partial charge on any atom is 0.276 e. The van der Waals surface area contributed by atoms with Gasteiger partial charge in [0, 0.05) is 44.2 Å². The fourth-order valence-corrected chi connectivity index (χ4v) is 4.25. The lowest BCUT2D eigenvalue weighted by molar-refractivity contribution is -0.119. The van der Waals surface area contributed by atoms with Gasteiger partial charge in [-0.1, -0.05) is 63.4 Å². The molecular weight excluding hydrogens is 402 g/mol. The number of hydrogen-bond donors (Lipinski definition) is 0. The van der Waals surface area contributed by atoms with E-state index in [1.165, 1.54) is 0 Å². The van der Waals surface area contributed by atoms with Gasteiger partial charge in [0.2, 0.25) is 5.91 Å². The molecular formula is C26H37N3O3. The third-order valence-electron chi connectivity index (χ3n) is 5.90. The summed E-state index contributed by atoms with van der Waals surface area (Å²) in [6, 6.07) is 9.77. The van der Waals surface area contributed by atoms with E-state index in [4.69, 9.17) is 4.52 Å². The summed E-state index contributed by atoms with van der Waals surface area (Å²) in [6.07, 6.45) is 7.48. The van der Waals surface area contributed by atoms with Crippen molar-refractivity contribution in [3.05, 3.63) is 47.3 Å². The number of fused-ring (bicyclic) bond motifs is 1. The molecule has 32 heavy (non-hydrogen) atoms. The maximum absolute atomic E-state index is 13.3. The Balaban J connectivity index is 1.90. The van der Waals surface area contributed by atoms with Gasteiger partial charge < -0.3 is 14.3 Å². The van der Waals surface area contributed by atoms with E-state index < -0.39 is 0 Å². The number of carbonyl (C=O) groups excluding carboxylic acids is 2. The van der Waals surface area contributed by atoms with Crippen LogP contribution in [0, 0.1) is 5.92 Å². The molecule has 2 amide bonds. The number of rotatable bonds is 5. The SMILES string of the molecule is CCCc1cc(C(=O)N2CCCCCCCN(C(=O)CC(C)C)c3ccccc3C2)no1. The lowest BCUT2D eigenvalue weighted by atomic mass is 10.0. The Hall–Kier alpha value is -2.63. The van der Waals surface area contributed by atoms with Gasteiger partial charge in [-0.25, -0.2) is 0 Å². The van der Waals surface area contributed by atoms with Gasteiger partial charge in [0.1, 0.15) is 5.76 Å². The van der Waals surface area contributed by atoms with Crippen LogP contribution in [0.1, 0.15) is 87.5 Å². The first kappa shape index (κ1) is 24.0. The normalized spacial score (nSPS) is 15.8. The Bertz CT molecular complexity index is 890. The van der Waals surface area contributed by atoms with E-state index in [0.717, 1.165) is 68.5 Å². The molecule has 2 heterocycles. The van der Waals surface area contributed by atoms with Gasteiger partial charge >= 0.3 is 0 Å². The Morgan fingerprint density at radius 3 is 2.53 bits per heavy atom. The zero-order valence-corrected chi connectivity index (χ0v) is 19.8. The Morgan fingerprint density at radius 2 is 1.78 bits per heavy atom. The maximum atomic E-state index is 13.3. The highest BCUT2D eigenvalue weighted by atomic mass is 16.5. The quantitative estimate of drug-likeness (QED) is 0.607. The predicted molar refractivity (Wildman–Crippen MR) is 127 cm³/mol. The minimum atomic E-state index is -0.108. The number of aromatic nitrogens is 1. The summed E-state index contributed by atoms with van der Waals surface area (Å²) in [5.74, 6) is 1.10. The van der Waals surface area contributed by atoms with E-state index in [9.17, 15) is 9.59 Å². The first-order valence-corrected chi connectivity index (χ1v) is 12.1. The molecule has 2 aromatic rings. The second kappa shape index (κ2) is 11.8. The Labute approximate surface area is 191 Å². The fourth-order valence-electron chi connectivity index (χ4n) is 4.25. The van der Waals surface area contributed by atoms with Crippen molar-refractivity contribution in [1.82, 2.24) is 10.1 Å². The second-order valence-corrected chi connectivity index (χ2v) is 9.19. The largest absolute Gasteiger partial charge is 0.361 e. The molecule has 0 radical (unpaired) electrons. The van der Waals surface area contributed by atoms with Crippen molar-refractivity contribution in [3.63, 3.8) is 0 Å². The van der Waals surface area contributed by atoms with Gasteiger partial charge in [-0.15, -0.1) is 0 Å². The second-order valence-electron chi connectivity index (χ2n) is 9.19. The molecule has 6 nitrogen and oxygen atoms in total. The van der Waals surface area contributed by atoms with Crippen LogP contribution in [0.4, 0.5) is 5.69 Å². The summed E-state index contributed by atoms with van der Waals surface area (Å²) in [4.78, 5) is 30.2. The van der Waals surface area contributed by atoms with E-state index in [-0.39, 0.29) is 11.8 Å².